The minimum atomic E-state index is 0.853. The lowest BCUT2D eigenvalue weighted by atomic mass is 10.1. The van der Waals surface area contributed by atoms with Gasteiger partial charge in [0.25, 0.3) is 0 Å². The molecule has 1 heterocycles. The predicted molar refractivity (Wildman–Crippen MR) is 86.3 cm³/mol. The predicted octanol–water partition coefficient (Wildman–Crippen LogP) is 3.20. The summed E-state index contributed by atoms with van der Waals surface area (Å²) in [5, 5.41) is 3.16. The van der Waals surface area contributed by atoms with Crippen molar-refractivity contribution in [3.8, 4) is 0 Å². The average molecular weight is 334 g/mol. The fourth-order valence-electron chi connectivity index (χ4n) is 2.15. The van der Waals surface area contributed by atoms with Crippen molar-refractivity contribution in [3.63, 3.8) is 0 Å². The second-order valence-corrected chi connectivity index (χ2v) is 5.80. The van der Waals surface area contributed by atoms with E-state index in [9.17, 15) is 0 Å². The molecule has 0 radical (unpaired) electrons. The van der Waals surface area contributed by atoms with Gasteiger partial charge in [-0.1, -0.05) is 34.1 Å². The third kappa shape index (κ3) is 4.40. The fraction of sp³-hybridized carbons (Fsp3) is 0.312. The number of aromatic nitrogens is 1. The van der Waals surface area contributed by atoms with Crippen molar-refractivity contribution in [2.75, 3.05) is 14.1 Å². The minimum absolute atomic E-state index is 0.853. The summed E-state index contributed by atoms with van der Waals surface area (Å²) in [5.41, 5.74) is 3.68. The summed E-state index contributed by atoms with van der Waals surface area (Å²) in [6.45, 7) is 2.64. The Labute approximate surface area is 129 Å². The van der Waals surface area contributed by atoms with E-state index in [1.54, 1.807) is 0 Å². The highest BCUT2D eigenvalue weighted by molar-refractivity contribution is 9.10. The van der Waals surface area contributed by atoms with Gasteiger partial charge >= 0.3 is 0 Å². The number of hydrogen-bond donors (Lipinski definition) is 1. The van der Waals surface area contributed by atoms with Gasteiger partial charge in [-0.15, -0.1) is 0 Å². The first-order valence-electron chi connectivity index (χ1n) is 6.69. The zero-order valence-corrected chi connectivity index (χ0v) is 13.5. The largest absolute Gasteiger partial charge is 0.316 e. The van der Waals surface area contributed by atoms with Crippen molar-refractivity contribution < 1.29 is 0 Å². The Morgan fingerprint density at radius 2 is 2.05 bits per heavy atom. The molecule has 0 amide bonds. The van der Waals surface area contributed by atoms with Crippen molar-refractivity contribution in [1.29, 1.82) is 0 Å². The van der Waals surface area contributed by atoms with Crippen molar-refractivity contribution in [2.45, 2.75) is 19.6 Å². The molecule has 2 rings (SSSR count). The second kappa shape index (κ2) is 7.53. The molecule has 20 heavy (non-hydrogen) atoms. The molecule has 0 atom stereocenters. The van der Waals surface area contributed by atoms with Crippen LogP contribution in [-0.2, 0) is 19.6 Å². The van der Waals surface area contributed by atoms with Crippen molar-refractivity contribution in [3.05, 3.63) is 63.9 Å². The Morgan fingerprint density at radius 3 is 2.70 bits per heavy atom. The van der Waals surface area contributed by atoms with Gasteiger partial charge in [-0.3, -0.25) is 9.88 Å². The Kier molecular flexibility index (Phi) is 5.71. The first-order valence-corrected chi connectivity index (χ1v) is 7.48. The van der Waals surface area contributed by atoms with Crippen LogP contribution in [0.15, 0.2) is 47.1 Å². The normalized spacial score (nSPS) is 11.0. The van der Waals surface area contributed by atoms with E-state index in [2.05, 4.69) is 62.4 Å². The summed E-state index contributed by atoms with van der Waals surface area (Å²) in [4.78, 5) is 6.62. The summed E-state index contributed by atoms with van der Waals surface area (Å²) in [7, 11) is 4.07. The molecular weight excluding hydrogens is 314 g/mol. The lowest BCUT2D eigenvalue weighted by molar-refractivity contribution is 0.314. The molecule has 1 N–H and O–H groups in total. The number of pyridine rings is 1. The van der Waals surface area contributed by atoms with Gasteiger partial charge in [0, 0.05) is 30.3 Å². The summed E-state index contributed by atoms with van der Waals surface area (Å²) in [6, 6.07) is 12.6. The molecule has 1 aromatic carbocycles. The van der Waals surface area contributed by atoms with Crippen molar-refractivity contribution >= 4 is 15.9 Å². The summed E-state index contributed by atoms with van der Waals surface area (Å²) >= 11 is 3.66. The highest BCUT2D eigenvalue weighted by atomic mass is 79.9. The van der Waals surface area contributed by atoms with Gasteiger partial charge in [-0.25, -0.2) is 0 Å². The van der Waals surface area contributed by atoms with Crippen LogP contribution in [0.5, 0.6) is 0 Å². The van der Waals surface area contributed by atoms with Gasteiger partial charge in [0.2, 0.25) is 0 Å². The van der Waals surface area contributed by atoms with Crippen molar-refractivity contribution in [1.82, 2.24) is 15.2 Å². The van der Waals surface area contributed by atoms with E-state index in [4.69, 9.17) is 0 Å². The zero-order chi connectivity index (χ0) is 14.4. The van der Waals surface area contributed by atoms with Crippen LogP contribution in [0.4, 0.5) is 0 Å². The average Bonchev–Trinajstić information content (AvgIpc) is 2.43. The molecule has 2 aromatic rings. The van der Waals surface area contributed by atoms with Crippen LogP contribution in [0.25, 0.3) is 0 Å². The molecule has 4 heteroatoms. The molecule has 0 fully saturated rings. The smallest absolute Gasteiger partial charge is 0.0543 e. The van der Waals surface area contributed by atoms with Crippen LogP contribution >= 0.6 is 15.9 Å². The van der Waals surface area contributed by atoms with Gasteiger partial charge in [-0.2, -0.15) is 0 Å². The number of nitrogens with one attached hydrogen (secondary N) is 1. The molecule has 0 unspecified atom stereocenters. The molecule has 0 saturated heterocycles. The van der Waals surface area contributed by atoms with Gasteiger partial charge in [0.05, 0.1) is 5.69 Å². The first kappa shape index (κ1) is 15.2. The lowest BCUT2D eigenvalue weighted by Gasteiger charge is -2.17. The van der Waals surface area contributed by atoms with Crippen LogP contribution in [-0.4, -0.2) is 24.0 Å². The van der Waals surface area contributed by atoms with Crippen LogP contribution in [0.1, 0.15) is 16.8 Å². The number of benzene rings is 1. The quantitative estimate of drug-likeness (QED) is 0.879. The molecule has 1 aromatic heterocycles. The number of halogens is 1. The molecular formula is C16H20BrN3. The number of rotatable bonds is 6. The highest BCUT2D eigenvalue weighted by Gasteiger charge is 2.06. The monoisotopic (exact) mass is 333 g/mol. The zero-order valence-electron chi connectivity index (χ0n) is 11.9. The Hall–Kier alpha value is -1.23. The summed E-state index contributed by atoms with van der Waals surface area (Å²) in [6.07, 6.45) is 1.84. The Bertz CT molecular complexity index is 543. The second-order valence-electron chi connectivity index (χ2n) is 4.95. The molecule has 3 nitrogen and oxygen atoms in total. The van der Waals surface area contributed by atoms with E-state index in [0.29, 0.717) is 0 Å². The van der Waals surface area contributed by atoms with Crippen LogP contribution in [0, 0.1) is 0 Å². The fourth-order valence-corrected chi connectivity index (χ4v) is 2.70. The maximum atomic E-state index is 4.36. The van der Waals surface area contributed by atoms with E-state index < -0.39 is 0 Å². The number of hydrogen-bond acceptors (Lipinski definition) is 3. The molecule has 0 aliphatic heterocycles. The number of nitrogens with zero attached hydrogens (tertiary/aromatic N) is 2. The van der Waals surface area contributed by atoms with Gasteiger partial charge in [0.15, 0.2) is 0 Å². The lowest BCUT2D eigenvalue weighted by Crippen LogP contribution is -2.18. The molecule has 0 bridgehead atoms. The van der Waals surface area contributed by atoms with E-state index in [-0.39, 0.29) is 0 Å². The Balaban J connectivity index is 1.99. The SMILES string of the molecule is CNCc1ccc(CN(C)Cc2ccccn2)c(Br)c1. The van der Waals surface area contributed by atoms with Gasteiger partial charge in [0.1, 0.15) is 0 Å². The van der Waals surface area contributed by atoms with Crippen molar-refractivity contribution in [2.24, 2.45) is 0 Å². The van der Waals surface area contributed by atoms with Crippen LogP contribution < -0.4 is 5.32 Å². The third-order valence-electron chi connectivity index (χ3n) is 3.10. The first-order chi connectivity index (χ1) is 9.69. The maximum Gasteiger partial charge on any atom is 0.0543 e. The van der Waals surface area contributed by atoms with Crippen LogP contribution in [0.2, 0.25) is 0 Å². The van der Waals surface area contributed by atoms with E-state index in [1.807, 2.05) is 25.4 Å². The van der Waals surface area contributed by atoms with E-state index >= 15 is 0 Å². The third-order valence-corrected chi connectivity index (χ3v) is 3.83. The van der Waals surface area contributed by atoms with E-state index in [1.165, 1.54) is 11.1 Å². The Morgan fingerprint density at radius 1 is 1.20 bits per heavy atom. The van der Waals surface area contributed by atoms with Gasteiger partial charge in [-0.05, 0) is 43.4 Å². The summed E-state index contributed by atoms with van der Waals surface area (Å²) in [5.74, 6) is 0. The minimum Gasteiger partial charge on any atom is -0.316 e. The molecule has 0 saturated carbocycles. The molecule has 0 spiro atoms. The standard InChI is InChI=1S/C16H20BrN3/c1-18-10-13-6-7-14(16(17)9-13)11-20(2)12-15-5-3-4-8-19-15/h3-9,18H,10-12H2,1-2H3. The van der Waals surface area contributed by atoms with Gasteiger partial charge < -0.3 is 5.32 Å². The topological polar surface area (TPSA) is 28.2 Å². The molecule has 106 valence electrons. The van der Waals surface area contributed by atoms with E-state index in [0.717, 1.165) is 29.8 Å². The van der Waals surface area contributed by atoms with Crippen LogP contribution in [0.3, 0.4) is 0 Å². The molecule has 0 aliphatic rings. The maximum absolute atomic E-state index is 4.36. The highest BCUT2D eigenvalue weighted by Crippen LogP contribution is 2.20. The molecule has 0 aliphatic carbocycles. The summed E-state index contributed by atoms with van der Waals surface area (Å²) < 4.78 is 1.16.